The molecule has 4 N–H and O–H groups in total. The lowest BCUT2D eigenvalue weighted by molar-refractivity contribution is -0.137. The zero-order chi connectivity index (χ0) is 11.0. The highest BCUT2D eigenvalue weighted by Gasteiger charge is 2.10. The predicted molar refractivity (Wildman–Crippen MR) is 56.2 cm³/mol. The summed E-state index contributed by atoms with van der Waals surface area (Å²) in [5.41, 5.74) is 5.27. The molecule has 0 aliphatic rings. The average molecular weight is 220 g/mol. The van der Waals surface area contributed by atoms with Crippen LogP contribution >= 0.6 is 11.8 Å². The summed E-state index contributed by atoms with van der Waals surface area (Å²) in [6.07, 6.45) is 0.408. The monoisotopic (exact) mass is 220 g/mol. The molecule has 0 radical (unpaired) electrons. The van der Waals surface area contributed by atoms with Crippen molar-refractivity contribution in [3.05, 3.63) is 0 Å². The number of aliphatic carboxylic acids is 1. The first-order valence-electron chi connectivity index (χ1n) is 4.40. The SMILES string of the molecule is CCNC(=O)CCSC[C@H](N)C(=O)O. The minimum atomic E-state index is -1.00. The fourth-order valence-electron chi connectivity index (χ4n) is 0.732. The Morgan fingerprint density at radius 3 is 2.71 bits per heavy atom. The number of carbonyl (C=O) groups is 2. The molecule has 0 aromatic heterocycles. The molecule has 82 valence electrons. The quantitative estimate of drug-likeness (QED) is 0.510. The van der Waals surface area contributed by atoms with Crippen molar-refractivity contribution in [2.45, 2.75) is 19.4 Å². The summed E-state index contributed by atoms with van der Waals surface area (Å²) in [5, 5.41) is 11.1. The maximum Gasteiger partial charge on any atom is 0.321 e. The van der Waals surface area contributed by atoms with E-state index in [1.54, 1.807) is 0 Å². The summed E-state index contributed by atoms with van der Waals surface area (Å²) in [7, 11) is 0. The van der Waals surface area contributed by atoms with Crippen molar-refractivity contribution in [1.82, 2.24) is 5.32 Å². The first-order valence-corrected chi connectivity index (χ1v) is 5.56. The summed E-state index contributed by atoms with van der Waals surface area (Å²) < 4.78 is 0. The van der Waals surface area contributed by atoms with Gasteiger partial charge in [0, 0.05) is 24.5 Å². The van der Waals surface area contributed by atoms with Gasteiger partial charge >= 0.3 is 5.97 Å². The van der Waals surface area contributed by atoms with Crippen LogP contribution in [0.1, 0.15) is 13.3 Å². The van der Waals surface area contributed by atoms with E-state index >= 15 is 0 Å². The summed E-state index contributed by atoms with van der Waals surface area (Å²) >= 11 is 1.38. The molecular formula is C8H16N2O3S. The second-order valence-electron chi connectivity index (χ2n) is 2.72. The topological polar surface area (TPSA) is 92.4 Å². The van der Waals surface area contributed by atoms with Crippen molar-refractivity contribution in [3.8, 4) is 0 Å². The van der Waals surface area contributed by atoms with Crippen LogP contribution in [0.4, 0.5) is 0 Å². The minimum Gasteiger partial charge on any atom is -0.480 e. The number of carboxylic acid groups (broad SMARTS) is 1. The molecule has 1 atom stereocenters. The van der Waals surface area contributed by atoms with Gasteiger partial charge in [0.15, 0.2) is 0 Å². The molecule has 0 rings (SSSR count). The Labute approximate surface area is 87.4 Å². The minimum absolute atomic E-state index is 0.0103. The fourth-order valence-corrected chi connectivity index (χ4v) is 1.62. The van der Waals surface area contributed by atoms with E-state index in [1.165, 1.54) is 11.8 Å². The van der Waals surface area contributed by atoms with Gasteiger partial charge in [-0.1, -0.05) is 0 Å². The lowest BCUT2D eigenvalue weighted by Crippen LogP contribution is -2.32. The Balaban J connectivity index is 3.37. The summed E-state index contributed by atoms with van der Waals surface area (Å²) in [4.78, 5) is 21.3. The third-order valence-electron chi connectivity index (χ3n) is 1.46. The van der Waals surface area contributed by atoms with Crippen LogP contribution in [0, 0.1) is 0 Å². The molecule has 0 fully saturated rings. The second-order valence-corrected chi connectivity index (χ2v) is 3.87. The van der Waals surface area contributed by atoms with Crippen LogP contribution in [0.5, 0.6) is 0 Å². The normalized spacial score (nSPS) is 12.1. The maximum atomic E-state index is 10.9. The van der Waals surface area contributed by atoms with Gasteiger partial charge in [0.2, 0.25) is 5.91 Å². The number of hydrogen-bond acceptors (Lipinski definition) is 4. The van der Waals surface area contributed by atoms with Crippen molar-refractivity contribution in [2.75, 3.05) is 18.1 Å². The summed E-state index contributed by atoms with van der Waals surface area (Å²) in [6, 6.07) is -0.839. The second kappa shape index (κ2) is 7.64. The molecule has 0 spiro atoms. The van der Waals surface area contributed by atoms with Gasteiger partial charge in [-0.05, 0) is 6.92 Å². The van der Waals surface area contributed by atoms with Gasteiger partial charge in [-0.15, -0.1) is 0 Å². The average Bonchev–Trinajstić information content (AvgIpc) is 2.12. The van der Waals surface area contributed by atoms with Gasteiger partial charge in [-0.3, -0.25) is 9.59 Å². The highest BCUT2D eigenvalue weighted by Crippen LogP contribution is 2.03. The number of amides is 1. The van der Waals surface area contributed by atoms with E-state index in [0.29, 0.717) is 24.5 Å². The Morgan fingerprint density at radius 1 is 1.57 bits per heavy atom. The zero-order valence-corrected chi connectivity index (χ0v) is 8.97. The standard InChI is InChI=1S/C8H16N2O3S/c1-2-10-7(11)3-4-14-5-6(9)8(12)13/h6H,2-5,9H2,1H3,(H,10,11)(H,12,13)/t6-/m0/s1. The number of nitrogens with two attached hydrogens (primary N) is 1. The molecule has 0 aromatic rings. The molecule has 1 amide bonds. The largest absolute Gasteiger partial charge is 0.480 e. The summed E-state index contributed by atoms with van der Waals surface area (Å²) in [5.74, 6) is -0.0685. The number of hydrogen-bond donors (Lipinski definition) is 3. The van der Waals surface area contributed by atoms with Crippen LogP contribution in [-0.2, 0) is 9.59 Å². The van der Waals surface area contributed by atoms with Gasteiger partial charge < -0.3 is 16.2 Å². The molecular weight excluding hydrogens is 204 g/mol. The van der Waals surface area contributed by atoms with Crippen LogP contribution in [-0.4, -0.2) is 41.1 Å². The highest BCUT2D eigenvalue weighted by atomic mass is 32.2. The smallest absolute Gasteiger partial charge is 0.321 e. The first-order chi connectivity index (χ1) is 6.57. The molecule has 0 aromatic carbocycles. The third-order valence-corrected chi connectivity index (χ3v) is 2.55. The Bertz CT molecular complexity index is 199. The van der Waals surface area contributed by atoms with Gasteiger partial charge in [0.25, 0.3) is 0 Å². The van der Waals surface area contributed by atoms with E-state index in [1.807, 2.05) is 6.92 Å². The van der Waals surface area contributed by atoms with Crippen molar-refractivity contribution < 1.29 is 14.7 Å². The van der Waals surface area contributed by atoms with Crippen LogP contribution in [0.15, 0.2) is 0 Å². The Hall–Kier alpha value is -0.750. The zero-order valence-electron chi connectivity index (χ0n) is 8.16. The lowest BCUT2D eigenvalue weighted by Gasteiger charge is -2.05. The number of carbonyl (C=O) groups excluding carboxylic acids is 1. The van der Waals surface area contributed by atoms with Crippen LogP contribution in [0.3, 0.4) is 0 Å². The van der Waals surface area contributed by atoms with Crippen molar-refractivity contribution >= 4 is 23.6 Å². The van der Waals surface area contributed by atoms with Crippen LogP contribution in [0.2, 0.25) is 0 Å². The molecule has 0 bridgehead atoms. The number of thioether (sulfide) groups is 1. The van der Waals surface area contributed by atoms with Crippen molar-refractivity contribution in [1.29, 1.82) is 0 Å². The van der Waals surface area contributed by atoms with Crippen LogP contribution in [0.25, 0.3) is 0 Å². The molecule has 6 heteroatoms. The van der Waals surface area contributed by atoms with Gasteiger partial charge in [-0.25, -0.2) is 0 Å². The molecule has 14 heavy (non-hydrogen) atoms. The molecule has 0 heterocycles. The van der Waals surface area contributed by atoms with E-state index in [-0.39, 0.29) is 5.91 Å². The highest BCUT2D eigenvalue weighted by molar-refractivity contribution is 7.99. The Kier molecular flexibility index (Phi) is 7.23. The van der Waals surface area contributed by atoms with E-state index < -0.39 is 12.0 Å². The molecule has 0 saturated carbocycles. The van der Waals surface area contributed by atoms with Crippen molar-refractivity contribution in [2.24, 2.45) is 5.73 Å². The summed E-state index contributed by atoms with van der Waals surface area (Å²) in [6.45, 7) is 2.48. The van der Waals surface area contributed by atoms with E-state index in [9.17, 15) is 9.59 Å². The molecule has 0 aliphatic carbocycles. The van der Waals surface area contributed by atoms with E-state index in [2.05, 4.69) is 5.32 Å². The first kappa shape index (κ1) is 13.2. The van der Waals surface area contributed by atoms with Gasteiger partial charge in [0.1, 0.15) is 6.04 Å². The third kappa shape index (κ3) is 6.73. The predicted octanol–water partition coefficient (Wildman–Crippen LogP) is -0.342. The number of carboxylic acids is 1. The molecule has 0 saturated heterocycles. The number of rotatable bonds is 7. The molecule has 0 unspecified atom stereocenters. The molecule has 5 nitrogen and oxygen atoms in total. The van der Waals surface area contributed by atoms with E-state index in [4.69, 9.17) is 10.8 Å². The Morgan fingerprint density at radius 2 is 2.21 bits per heavy atom. The maximum absolute atomic E-state index is 10.9. The fraction of sp³-hybridized carbons (Fsp3) is 0.750. The van der Waals surface area contributed by atoms with E-state index in [0.717, 1.165) is 0 Å². The molecule has 0 aliphatic heterocycles. The lowest BCUT2D eigenvalue weighted by atomic mass is 10.4. The van der Waals surface area contributed by atoms with Gasteiger partial charge in [-0.2, -0.15) is 11.8 Å². The van der Waals surface area contributed by atoms with Crippen molar-refractivity contribution in [3.63, 3.8) is 0 Å². The number of nitrogens with one attached hydrogen (secondary N) is 1. The van der Waals surface area contributed by atoms with Crippen LogP contribution < -0.4 is 11.1 Å². The van der Waals surface area contributed by atoms with Gasteiger partial charge in [0.05, 0.1) is 0 Å².